The number of hydrogen-bond acceptors (Lipinski definition) is 5. The van der Waals surface area contributed by atoms with E-state index >= 15 is 0 Å². The number of hydrogen-bond donors (Lipinski definition) is 1. The summed E-state index contributed by atoms with van der Waals surface area (Å²) >= 11 is 0. The molecule has 0 radical (unpaired) electrons. The fourth-order valence-corrected chi connectivity index (χ4v) is 4.34. The molecule has 3 aromatic carbocycles. The quantitative estimate of drug-likeness (QED) is 0.521. The molecular formula is C28H30N4O3. The van der Waals surface area contributed by atoms with Crippen LogP contribution in [0.5, 0.6) is 17.2 Å². The topological polar surface area (TPSA) is 66.4 Å². The molecule has 1 saturated heterocycles. The van der Waals surface area contributed by atoms with E-state index in [2.05, 4.69) is 36.2 Å². The first kappa shape index (κ1) is 22.8. The monoisotopic (exact) mass is 470 g/mol. The van der Waals surface area contributed by atoms with E-state index in [1.54, 1.807) is 7.11 Å². The van der Waals surface area contributed by atoms with Crippen molar-refractivity contribution in [2.24, 2.45) is 4.99 Å². The molecule has 0 unspecified atom stereocenters. The van der Waals surface area contributed by atoms with Crippen molar-refractivity contribution < 1.29 is 14.3 Å². The molecule has 0 aliphatic carbocycles. The Balaban J connectivity index is 1.32. The van der Waals surface area contributed by atoms with Gasteiger partial charge in [0.15, 0.2) is 5.75 Å². The highest BCUT2D eigenvalue weighted by molar-refractivity contribution is 6.04. The Morgan fingerprint density at radius 1 is 0.971 bits per heavy atom. The van der Waals surface area contributed by atoms with Crippen LogP contribution in [0.25, 0.3) is 0 Å². The number of ether oxygens (including phenoxy) is 2. The third-order valence-electron chi connectivity index (χ3n) is 6.44. The number of nitrogens with one attached hydrogen (secondary N) is 1. The molecule has 7 nitrogen and oxygen atoms in total. The maximum absolute atomic E-state index is 12.9. The summed E-state index contributed by atoms with van der Waals surface area (Å²) in [7, 11) is 1.64. The van der Waals surface area contributed by atoms with Crippen LogP contribution >= 0.6 is 0 Å². The molecule has 180 valence electrons. The van der Waals surface area contributed by atoms with E-state index in [9.17, 15) is 4.79 Å². The third-order valence-corrected chi connectivity index (χ3v) is 6.44. The Hall–Kier alpha value is -4.00. The average molecular weight is 471 g/mol. The number of nitrogens with zero attached hydrogens (tertiary/aromatic N) is 3. The van der Waals surface area contributed by atoms with Crippen molar-refractivity contribution in [3.05, 3.63) is 77.9 Å². The number of amides is 2. The van der Waals surface area contributed by atoms with Crippen LogP contribution in [0.2, 0.25) is 0 Å². The van der Waals surface area contributed by atoms with Gasteiger partial charge in [0.25, 0.3) is 0 Å². The van der Waals surface area contributed by atoms with Gasteiger partial charge in [-0.25, -0.2) is 9.79 Å². The molecular weight excluding hydrogens is 440 g/mol. The number of piperazine rings is 1. The largest absolute Gasteiger partial charge is 0.497 e. The number of urea groups is 1. The molecule has 1 N–H and O–H groups in total. The van der Waals surface area contributed by atoms with Gasteiger partial charge in [-0.1, -0.05) is 38.1 Å². The maximum Gasteiger partial charge on any atom is 0.321 e. The van der Waals surface area contributed by atoms with E-state index in [1.807, 2.05) is 59.5 Å². The second kappa shape index (κ2) is 9.70. The zero-order valence-electron chi connectivity index (χ0n) is 20.3. The van der Waals surface area contributed by atoms with Gasteiger partial charge in [0.1, 0.15) is 23.0 Å². The number of amidine groups is 1. The van der Waals surface area contributed by atoms with E-state index in [0.717, 1.165) is 28.5 Å². The lowest BCUT2D eigenvalue weighted by molar-refractivity contribution is 0.181. The smallest absolute Gasteiger partial charge is 0.321 e. The summed E-state index contributed by atoms with van der Waals surface area (Å²) in [5.74, 6) is 3.45. The van der Waals surface area contributed by atoms with Crippen molar-refractivity contribution in [3.63, 3.8) is 0 Å². The predicted octanol–water partition coefficient (Wildman–Crippen LogP) is 5.85. The number of para-hydroxylation sites is 2. The van der Waals surface area contributed by atoms with Crippen molar-refractivity contribution in [2.75, 3.05) is 38.6 Å². The lowest BCUT2D eigenvalue weighted by Crippen LogP contribution is -2.51. The van der Waals surface area contributed by atoms with E-state index < -0.39 is 0 Å². The fourth-order valence-electron chi connectivity index (χ4n) is 4.34. The molecule has 3 aromatic rings. The van der Waals surface area contributed by atoms with Crippen molar-refractivity contribution in [2.45, 2.75) is 19.8 Å². The number of carbonyl (C=O) groups is 1. The minimum absolute atomic E-state index is 0.0800. The first-order chi connectivity index (χ1) is 17.0. The number of fused-ring (bicyclic) bond motifs is 2. The number of anilines is 1. The SMILES string of the molecule is COc1ccc2c(c1)Oc1ccccc1N=C2N1CCN(C(=O)Nc2ccc(C(C)C)cc2)CC1. The highest BCUT2D eigenvalue weighted by Crippen LogP contribution is 2.39. The summed E-state index contributed by atoms with van der Waals surface area (Å²) in [6, 6.07) is 21.5. The Kier molecular flexibility index (Phi) is 6.31. The van der Waals surface area contributed by atoms with Crippen LogP contribution in [0.3, 0.4) is 0 Å². The lowest BCUT2D eigenvalue weighted by atomic mass is 10.0. The molecule has 2 aliphatic heterocycles. The highest BCUT2D eigenvalue weighted by Gasteiger charge is 2.28. The summed E-state index contributed by atoms with van der Waals surface area (Å²) in [4.78, 5) is 21.9. The van der Waals surface area contributed by atoms with E-state index in [4.69, 9.17) is 14.5 Å². The van der Waals surface area contributed by atoms with Gasteiger partial charge in [-0.3, -0.25) is 0 Å². The summed E-state index contributed by atoms with van der Waals surface area (Å²) in [5, 5.41) is 3.03. The molecule has 5 rings (SSSR count). The van der Waals surface area contributed by atoms with E-state index in [-0.39, 0.29) is 6.03 Å². The van der Waals surface area contributed by atoms with Crippen LogP contribution in [0.15, 0.2) is 71.7 Å². The molecule has 2 amide bonds. The number of aliphatic imine (C=N–C) groups is 1. The average Bonchev–Trinajstić information content (AvgIpc) is 3.05. The van der Waals surface area contributed by atoms with E-state index in [0.29, 0.717) is 43.6 Å². The molecule has 0 atom stereocenters. The van der Waals surface area contributed by atoms with Crippen LogP contribution < -0.4 is 14.8 Å². The fraction of sp³-hybridized carbons (Fsp3) is 0.286. The summed E-state index contributed by atoms with van der Waals surface area (Å²) in [6.45, 7) is 6.86. The van der Waals surface area contributed by atoms with Crippen LogP contribution in [0.4, 0.5) is 16.2 Å². The second-order valence-electron chi connectivity index (χ2n) is 9.05. The Labute approximate surface area is 206 Å². The number of benzene rings is 3. The maximum atomic E-state index is 12.9. The predicted molar refractivity (Wildman–Crippen MR) is 138 cm³/mol. The van der Waals surface area contributed by atoms with E-state index in [1.165, 1.54) is 5.56 Å². The first-order valence-electron chi connectivity index (χ1n) is 12.0. The molecule has 1 fully saturated rings. The van der Waals surface area contributed by atoms with Crippen LogP contribution in [-0.4, -0.2) is 55.0 Å². The standard InChI is InChI=1S/C28H30N4O3/c1-19(2)20-8-10-21(11-9-20)29-28(33)32-16-14-31(15-17-32)27-23-13-12-22(34-3)18-26(23)35-25-7-5-4-6-24(25)30-27/h4-13,18-19H,14-17H2,1-3H3,(H,29,33). The minimum atomic E-state index is -0.0800. The Morgan fingerprint density at radius 2 is 1.71 bits per heavy atom. The molecule has 7 heteroatoms. The lowest BCUT2D eigenvalue weighted by Gasteiger charge is -2.36. The second-order valence-corrected chi connectivity index (χ2v) is 9.05. The molecule has 0 bridgehead atoms. The molecule has 0 aromatic heterocycles. The van der Waals surface area contributed by atoms with Crippen LogP contribution in [0, 0.1) is 0 Å². The zero-order valence-corrected chi connectivity index (χ0v) is 20.3. The van der Waals surface area contributed by atoms with Crippen molar-refractivity contribution in [1.82, 2.24) is 9.80 Å². The first-order valence-corrected chi connectivity index (χ1v) is 12.0. The van der Waals surface area contributed by atoms with Gasteiger partial charge in [0.2, 0.25) is 0 Å². The van der Waals surface area contributed by atoms with Gasteiger partial charge in [-0.2, -0.15) is 0 Å². The van der Waals surface area contributed by atoms with Crippen molar-refractivity contribution in [3.8, 4) is 17.2 Å². The van der Waals surface area contributed by atoms with Crippen LogP contribution in [0.1, 0.15) is 30.9 Å². The van der Waals surface area contributed by atoms with Crippen molar-refractivity contribution >= 4 is 23.2 Å². The minimum Gasteiger partial charge on any atom is -0.497 e. The zero-order chi connectivity index (χ0) is 24.4. The number of rotatable bonds is 3. The van der Waals surface area contributed by atoms with Gasteiger partial charge in [-0.15, -0.1) is 0 Å². The third kappa shape index (κ3) is 4.80. The summed E-state index contributed by atoms with van der Waals surface area (Å²) in [5.41, 5.74) is 3.75. The van der Waals surface area contributed by atoms with Gasteiger partial charge in [-0.05, 0) is 47.9 Å². The van der Waals surface area contributed by atoms with Crippen molar-refractivity contribution in [1.29, 1.82) is 0 Å². The molecule has 2 aliphatic rings. The normalized spacial score (nSPS) is 14.9. The molecule has 2 heterocycles. The summed E-state index contributed by atoms with van der Waals surface area (Å²) in [6.07, 6.45) is 0. The Bertz CT molecular complexity index is 1250. The van der Waals surface area contributed by atoms with Gasteiger partial charge >= 0.3 is 6.03 Å². The number of methoxy groups -OCH3 is 1. The van der Waals surface area contributed by atoms with Gasteiger partial charge in [0.05, 0.1) is 12.7 Å². The molecule has 35 heavy (non-hydrogen) atoms. The summed E-state index contributed by atoms with van der Waals surface area (Å²) < 4.78 is 11.6. The van der Waals surface area contributed by atoms with Crippen LogP contribution in [-0.2, 0) is 0 Å². The Morgan fingerprint density at radius 3 is 2.43 bits per heavy atom. The molecule has 0 spiro atoms. The molecule has 0 saturated carbocycles. The van der Waals surface area contributed by atoms with Gasteiger partial charge < -0.3 is 24.6 Å². The number of carbonyl (C=O) groups excluding carboxylic acids is 1. The highest BCUT2D eigenvalue weighted by atomic mass is 16.5. The van der Waals surface area contributed by atoms with Gasteiger partial charge in [0, 0.05) is 37.9 Å².